The van der Waals surface area contributed by atoms with E-state index >= 15 is 0 Å². The van der Waals surface area contributed by atoms with Crippen LogP contribution in [0.15, 0.2) is 18.3 Å². The lowest BCUT2D eigenvalue weighted by atomic mass is 9.65. The molecule has 3 rings (SSSR count). The summed E-state index contributed by atoms with van der Waals surface area (Å²) in [6.07, 6.45) is 12.2. The smallest absolute Gasteiger partial charge is 0.0372 e. The first-order valence-corrected chi connectivity index (χ1v) is 8.37. The molecule has 0 amide bonds. The first kappa shape index (κ1) is 14.1. The normalized spacial score (nSPS) is 31.6. The monoisotopic (exact) mass is 272 g/mol. The van der Waals surface area contributed by atoms with Crippen molar-refractivity contribution >= 4 is 0 Å². The van der Waals surface area contributed by atoms with Gasteiger partial charge in [-0.3, -0.25) is 4.98 Å². The molecule has 4 atom stereocenters. The molecule has 0 spiro atoms. The summed E-state index contributed by atoms with van der Waals surface area (Å²) >= 11 is 0. The first-order valence-electron chi connectivity index (χ1n) is 8.37. The SMILES string of the molecule is CNC(c1ccc(C)nc1)C1CCC2CCCCC2C1. The van der Waals surface area contributed by atoms with Crippen molar-refractivity contribution in [1.29, 1.82) is 0 Å². The summed E-state index contributed by atoms with van der Waals surface area (Å²) in [7, 11) is 2.11. The molecule has 4 unspecified atom stereocenters. The van der Waals surface area contributed by atoms with Crippen molar-refractivity contribution in [2.75, 3.05) is 7.05 Å². The van der Waals surface area contributed by atoms with Crippen molar-refractivity contribution in [3.05, 3.63) is 29.6 Å². The van der Waals surface area contributed by atoms with Gasteiger partial charge in [-0.15, -0.1) is 0 Å². The topological polar surface area (TPSA) is 24.9 Å². The third kappa shape index (κ3) is 2.90. The molecular formula is C18H28N2. The predicted octanol–water partition coefficient (Wildman–Crippen LogP) is 4.26. The molecule has 0 aromatic carbocycles. The van der Waals surface area contributed by atoms with Gasteiger partial charge in [0.25, 0.3) is 0 Å². The molecule has 1 aromatic heterocycles. The van der Waals surface area contributed by atoms with Crippen LogP contribution in [0.2, 0.25) is 0 Å². The van der Waals surface area contributed by atoms with E-state index < -0.39 is 0 Å². The zero-order chi connectivity index (χ0) is 13.9. The zero-order valence-electron chi connectivity index (χ0n) is 12.9. The van der Waals surface area contributed by atoms with E-state index in [-0.39, 0.29) is 0 Å². The van der Waals surface area contributed by atoms with E-state index in [2.05, 4.69) is 42.6 Å². The summed E-state index contributed by atoms with van der Waals surface area (Å²) in [6, 6.07) is 4.90. The maximum atomic E-state index is 4.48. The lowest BCUT2D eigenvalue weighted by Crippen LogP contribution is -2.34. The fraction of sp³-hybridized carbons (Fsp3) is 0.722. The average molecular weight is 272 g/mol. The average Bonchev–Trinajstić information content (AvgIpc) is 2.50. The van der Waals surface area contributed by atoms with Crippen LogP contribution in [0.25, 0.3) is 0 Å². The summed E-state index contributed by atoms with van der Waals surface area (Å²) in [5.41, 5.74) is 2.48. The van der Waals surface area contributed by atoms with Gasteiger partial charge >= 0.3 is 0 Å². The van der Waals surface area contributed by atoms with Gasteiger partial charge in [-0.05, 0) is 62.6 Å². The molecule has 2 aliphatic carbocycles. The molecule has 0 saturated heterocycles. The molecule has 1 aromatic rings. The molecule has 20 heavy (non-hydrogen) atoms. The maximum absolute atomic E-state index is 4.48. The van der Waals surface area contributed by atoms with E-state index in [4.69, 9.17) is 0 Å². The van der Waals surface area contributed by atoms with Gasteiger partial charge in [0, 0.05) is 17.9 Å². The first-order chi connectivity index (χ1) is 9.78. The standard InChI is InChI=1S/C18H28N2/c1-13-7-8-17(12-20-13)18(19-2)16-10-9-14-5-3-4-6-15(14)11-16/h7-8,12,14-16,18-19H,3-6,9-11H2,1-2H3. The van der Waals surface area contributed by atoms with Crippen LogP contribution in [0.5, 0.6) is 0 Å². The van der Waals surface area contributed by atoms with Gasteiger partial charge in [-0.1, -0.05) is 31.7 Å². The van der Waals surface area contributed by atoms with Crippen LogP contribution in [0.4, 0.5) is 0 Å². The van der Waals surface area contributed by atoms with Crippen molar-refractivity contribution in [3.8, 4) is 0 Å². The highest BCUT2D eigenvalue weighted by molar-refractivity contribution is 5.18. The highest BCUT2D eigenvalue weighted by Gasteiger charge is 2.35. The number of pyridine rings is 1. The molecule has 1 heterocycles. The quantitative estimate of drug-likeness (QED) is 0.889. The van der Waals surface area contributed by atoms with Gasteiger partial charge in [0.15, 0.2) is 0 Å². The van der Waals surface area contributed by atoms with Gasteiger partial charge < -0.3 is 5.32 Å². The van der Waals surface area contributed by atoms with Gasteiger partial charge in [0.1, 0.15) is 0 Å². The number of aromatic nitrogens is 1. The number of aryl methyl sites for hydroxylation is 1. The molecule has 0 radical (unpaired) electrons. The lowest BCUT2D eigenvalue weighted by molar-refractivity contribution is 0.111. The molecule has 2 aliphatic rings. The number of hydrogen-bond acceptors (Lipinski definition) is 2. The van der Waals surface area contributed by atoms with Crippen molar-refractivity contribution < 1.29 is 0 Å². The minimum Gasteiger partial charge on any atom is -0.313 e. The third-order valence-corrected chi connectivity index (χ3v) is 5.66. The van der Waals surface area contributed by atoms with Crippen LogP contribution in [0.1, 0.15) is 62.2 Å². The largest absolute Gasteiger partial charge is 0.313 e. The van der Waals surface area contributed by atoms with Crippen LogP contribution >= 0.6 is 0 Å². The Labute approximate surface area is 123 Å². The highest BCUT2D eigenvalue weighted by Crippen LogP contribution is 2.45. The molecule has 2 saturated carbocycles. The molecule has 2 nitrogen and oxygen atoms in total. The molecule has 2 fully saturated rings. The van der Waals surface area contributed by atoms with Gasteiger partial charge in [-0.2, -0.15) is 0 Å². The fourth-order valence-corrected chi connectivity index (χ4v) is 4.55. The van der Waals surface area contributed by atoms with Gasteiger partial charge in [0.05, 0.1) is 0 Å². The maximum Gasteiger partial charge on any atom is 0.0372 e. The van der Waals surface area contributed by atoms with E-state index in [1.807, 2.05) is 0 Å². The molecule has 110 valence electrons. The van der Waals surface area contributed by atoms with Crippen molar-refractivity contribution in [2.45, 2.75) is 57.9 Å². The van der Waals surface area contributed by atoms with E-state index in [0.29, 0.717) is 6.04 Å². The second kappa shape index (κ2) is 6.26. The predicted molar refractivity (Wildman–Crippen MR) is 83.6 cm³/mol. The van der Waals surface area contributed by atoms with Crippen molar-refractivity contribution in [2.24, 2.45) is 17.8 Å². The van der Waals surface area contributed by atoms with Crippen LogP contribution < -0.4 is 5.32 Å². The van der Waals surface area contributed by atoms with E-state index in [1.165, 1.54) is 50.5 Å². The summed E-state index contributed by atoms with van der Waals surface area (Å²) in [5.74, 6) is 2.83. The number of hydrogen-bond donors (Lipinski definition) is 1. The summed E-state index contributed by atoms with van der Waals surface area (Å²) in [6.45, 7) is 2.06. The highest BCUT2D eigenvalue weighted by atomic mass is 14.9. The van der Waals surface area contributed by atoms with E-state index in [0.717, 1.165) is 23.4 Å². The molecule has 0 aliphatic heterocycles. The molecule has 0 bridgehead atoms. The Balaban J connectivity index is 1.71. The Kier molecular flexibility index (Phi) is 4.40. The van der Waals surface area contributed by atoms with Crippen LogP contribution in [-0.2, 0) is 0 Å². The summed E-state index contributed by atoms with van der Waals surface area (Å²) in [4.78, 5) is 4.48. The molecule has 1 N–H and O–H groups in total. The Morgan fingerprint density at radius 3 is 2.60 bits per heavy atom. The Morgan fingerprint density at radius 2 is 1.90 bits per heavy atom. The van der Waals surface area contributed by atoms with E-state index in [9.17, 15) is 0 Å². The fourth-order valence-electron chi connectivity index (χ4n) is 4.55. The molecule has 2 heteroatoms. The molecular weight excluding hydrogens is 244 g/mol. The third-order valence-electron chi connectivity index (χ3n) is 5.66. The van der Waals surface area contributed by atoms with E-state index in [1.54, 1.807) is 0 Å². The number of fused-ring (bicyclic) bond motifs is 1. The van der Waals surface area contributed by atoms with Crippen molar-refractivity contribution in [3.63, 3.8) is 0 Å². The summed E-state index contributed by atoms with van der Waals surface area (Å²) < 4.78 is 0. The van der Waals surface area contributed by atoms with Gasteiger partial charge in [0.2, 0.25) is 0 Å². The van der Waals surface area contributed by atoms with Crippen LogP contribution in [0.3, 0.4) is 0 Å². The Morgan fingerprint density at radius 1 is 1.10 bits per heavy atom. The second-order valence-electron chi connectivity index (χ2n) is 6.88. The minimum atomic E-state index is 0.492. The van der Waals surface area contributed by atoms with Crippen molar-refractivity contribution in [1.82, 2.24) is 10.3 Å². The zero-order valence-corrected chi connectivity index (χ0v) is 12.9. The van der Waals surface area contributed by atoms with Crippen LogP contribution in [0, 0.1) is 24.7 Å². The second-order valence-corrected chi connectivity index (χ2v) is 6.88. The van der Waals surface area contributed by atoms with Gasteiger partial charge in [-0.25, -0.2) is 0 Å². The Bertz CT molecular complexity index is 426. The number of nitrogens with zero attached hydrogens (tertiary/aromatic N) is 1. The van der Waals surface area contributed by atoms with Crippen LogP contribution in [-0.4, -0.2) is 12.0 Å². The Hall–Kier alpha value is -0.890. The summed E-state index contributed by atoms with van der Waals surface area (Å²) in [5, 5.41) is 3.56. The number of rotatable bonds is 3. The number of nitrogens with one attached hydrogen (secondary N) is 1. The lowest BCUT2D eigenvalue weighted by Gasteiger charge is -2.42. The minimum absolute atomic E-state index is 0.492.